The minimum Gasteiger partial charge on any atom is -0.354 e. The van der Waals surface area contributed by atoms with Crippen LogP contribution in [0.5, 0.6) is 0 Å². The number of carbonyl (C=O) groups is 1. The lowest BCUT2D eigenvalue weighted by Gasteiger charge is -2.26. The average Bonchev–Trinajstić information content (AvgIpc) is 2.67. The Morgan fingerprint density at radius 2 is 1.96 bits per heavy atom. The predicted octanol–water partition coefficient (Wildman–Crippen LogP) is 3.00. The van der Waals surface area contributed by atoms with E-state index in [-0.39, 0.29) is 11.7 Å². The lowest BCUT2D eigenvalue weighted by atomic mass is 10.1. The fraction of sp³-hybridized carbons (Fsp3) is 0.526. The molecular formula is C19H28ClN5OS. The third-order valence-corrected chi connectivity index (χ3v) is 5.26. The number of nitrogens with one attached hydrogen (secondary N) is 1. The van der Waals surface area contributed by atoms with Crippen molar-refractivity contribution in [3.8, 4) is 0 Å². The zero-order chi connectivity index (χ0) is 19.5. The van der Waals surface area contributed by atoms with Crippen LogP contribution in [0.4, 0.5) is 5.82 Å². The molecular weight excluding hydrogens is 382 g/mol. The van der Waals surface area contributed by atoms with Gasteiger partial charge in [-0.25, -0.2) is 9.97 Å². The first-order chi connectivity index (χ1) is 13.1. The van der Waals surface area contributed by atoms with Crippen molar-refractivity contribution >= 4 is 35.1 Å². The van der Waals surface area contributed by atoms with Gasteiger partial charge < -0.3 is 15.1 Å². The van der Waals surface area contributed by atoms with E-state index in [0.29, 0.717) is 35.8 Å². The molecule has 1 aromatic rings. The summed E-state index contributed by atoms with van der Waals surface area (Å²) in [5, 5.41) is 3.81. The molecule has 0 saturated carbocycles. The van der Waals surface area contributed by atoms with Gasteiger partial charge in [-0.2, -0.15) is 0 Å². The van der Waals surface area contributed by atoms with Gasteiger partial charge in [0, 0.05) is 32.2 Å². The third-order valence-electron chi connectivity index (χ3n) is 4.22. The van der Waals surface area contributed by atoms with Gasteiger partial charge in [-0.1, -0.05) is 41.9 Å². The van der Waals surface area contributed by atoms with E-state index in [0.717, 1.165) is 19.6 Å². The third kappa shape index (κ3) is 7.91. The van der Waals surface area contributed by atoms with Gasteiger partial charge in [0.2, 0.25) is 5.91 Å². The summed E-state index contributed by atoms with van der Waals surface area (Å²) >= 11 is 7.42. The summed E-state index contributed by atoms with van der Waals surface area (Å²) in [6, 6.07) is 1.71. The van der Waals surface area contributed by atoms with Crippen molar-refractivity contribution in [3.05, 3.63) is 36.5 Å². The van der Waals surface area contributed by atoms with Gasteiger partial charge in [-0.15, -0.1) is 13.2 Å². The van der Waals surface area contributed by atoms with Crippen LogP contribution in [0.3, 0.4) is 0 Å². The summed E-state index contributed by atoms with van der Waals surface area (Å²) in [5.41, 5.74) is 0. The minimum absolute atomic E-state index is 0.0174. The number of piperidine rings is 1. The summed E-state index contributed by atoms with van der Waals surface area (Å²) in [6.45, 7) is 12.6. The number of likely N-dealkylation sites (tertiary alicyclic amines) is 1. The molecule has 148 valence electrons. The number of hydrogen-bond acceptors (Lipinski definition) is 6. The zero-order valence-corrected chi connectivity index (χ0v) is 17.3. The maximum Gasteiger partial charge on any atom is 0.230 e. The number of rotatable bonds is 11. The first-order valence-corrected chi connectivity index (χ1v) is 10.6. The minimum atomic E-state index is -0.0174. The number of hydrogen-bond donors (Lipinski definition) is 1. The van der Waals surface area contributed by atoms with Crippen molar-refractivity contribution < 1.29 is 4.79 Å². The molecule has 1 amide bonds. The molecule has 0 spiro atoms. The number of amides is 1. The lowest BCUT2D eigenvalue weighted by molar-refractivity contribution is -0.118. The summed E-state index contributed by atoms with van der Waals surface area (Å²) in [5.74, 6) is 0.946. The average molecular weight is 410 g/mol. The van der Waals surface area contributed by atoms with E-state index in [1.807, 2.05) is 4.90 Å². The van der Waals surface area contributed by atoms with Crippen LogP contribution >= 0.6 is 23.4 Å². The van der Waals surface area contributed by atoms with E-state index in [4.69, 9.17) is 11.6 Å². The van der Waals surface area contributed by atoms with Crippen LogP contribution < -0.4 is 10.2 Å². The summed E-state index contributed by atoms with van der Waals surface area (Å²) in [4.78, 5) is 25.2. The van der Waals surface area contributed by atoms with E-state index in [2.05, 4.69) is 33.3 Å². The molecule has 1 N–H and O–H groups in total. The van der Waals surface area contributed by atoms with E-state index in [9.17, 15) is 4.79 Å². The van der Waals surface area contributed by atoms with Gasteiger partial charge in [0.1, 0.15) is 11.0 Å². The fourth-order valence-electron chi connectivity index (χ4n) is 2.90. The Bertz CT molecular complexity index is 627. The van der Waals surface area contributed by atoms with Crippen LogP contribution in [0.15, 0.2) is 36.5 Å². The standard InChI is InChI=1S/C19H28ClN5OS/c1-3-9-25(10-4-2)17-14-16(20)22-19(23-17)27-15-18(26)21-8-13-24-11-6-5-7-12-24/h3-4,14H,1-2,5-13,15H2,(H,21,26). The van der Waals surface area contributed by atoms with Gasteiger partial charge in [-0.05, 0) is 25.9 Å². The number of thioether (sulfide) groups is 1. The Hall–Kier alpha value is -1.57. The summed E-state index contributed by atoms with van der Waals surface area (Å²) in [6.07, 6.45) is 7.42. The van der Waals surface area contributed by atoms with E-state index in [1.165, 1.54) is 31.0 Å². The first-order valence-electron chi connectivity index (χ1n) is 9.25. The van der Waals surface area contributed by atoms with Gasteiger partial charge in [0.05, 0.1) is 5.75 Å². The molecule has 1 aromatic heterocycles. The molecule has 8 heteroatoms. The molecule has 6 nitrogen and oxygen atoms in total. The van der Waals surface area contributed by atoms with Crippen LogP contribution in [-0.2, 0) is 4.79 Å². The van der Waals surface area contributed by atoms with Gasteiger partial charge in [-0.3, -0.25) is 4.79 Å². The number of anilines is 1. The molecule has 0 bridgehead atoms. The summed E-state index contributed by atoms with van der Waals surface area (Å²) < 4.78 is 0. The van der Waals surface area contributed by atoms with Crippen LogP contribution in [0.1, 0.15) is 19.3 Å². The molecule has 1 saturated heterocycles. The number of carbonyl (C=O) groups excluding carboxylic acids is 1. The highest BCUT2D eigenvalue weighted by Crippen LogP contribution is 2.22. The highest BCUT2D eigenvalue weighted by atomic mass is 35.5. The molecule has 1 aliphatic rings. The largest absolute Gasteiger partial charge is 0.354 e. The Labute approximate surface area is 171 Å². The van der Waals surface area contributed by atoms with Crippen molar-refractivity contribution in [1.82, 2.24) is 20.2 Å². The number of nitrogens with zero attached hydrogens (tertiary/aromatic N) is 4. The second kappa shape index (κ2) is 12.0. The second-order valence-electron chi connectivity index (χ2n) is 6.35. The molecule has 2 rings (SSSR count). The normalized spacial score (nSPS) is 14.6. The highest BCUT2D eigenvalue weighted by molar-refractivity contribution is 7.99. The lowest BCUT2D eigenvalue weighted by Crippen LogP contribution is -2.38. The molecule has 1 fully saturated rings. The van der Waals surface area contributed by atoms with Crippen molar-refractivity contribution in [3.63, 3.8) is 0 Å². The second-order valence-corrected chi connectivity index (χ2v) is 7.68. The smallest absolute Gasteiger partial charge is 0.230 e. The van der Waals surface area contributed by atoms with Crippen molar-refractivity contribution in [1.29, 1.82) is 0 Å². The van der Waals surface area contributed by atoms with Crippen LogP contribution in [0.2, 0.25) is 5.15 Å². The molecule has 0 atom stereocenters. The van der Waals surface area contributed by atoms with Crippen LogP contribution in [-0.4, -0.2) is 65.8 Å². The molecule has 0 radical (unpaired) electrons. The molecule has 27 heavy (non-hydrogen) atoms. The number of aromatic nitrogens is 2. The van der Waals surface area contributed by atoms with Gasteiger partial charge in [0.15, 0.2) is 5.16 Å². The Morgan fingerprint density at radius 3 is 2.63 bits per heavy atom. The van der Waals surface area contributed by atoms with Gasteiger partial charge >= 0.3 is 0 Å². The number of halogens is 1. The van der Waals surface area contributed by atoms with Crippen molar-refractivity contribution in [2.45, 2.75) is 24.4 Å². The Morgan fingerprint density at radius 1 is 1.26 bits per heavy atom. The quantitative estimate of drug-likeness (QED) is 0.262. The highest BCUT2D eigenvalue weighted by Gasteiger charge is 2.12. The van der Waals surface area contributed by atoms with Crippen molar-refractivity contribution in [2.24, 2.45) is 0 Å². The zero-order valence-electron chi connectivity index (χ0n) is 15.7. The van der Waals surface area contributed by atoms with Gasteiger partial charge in [0.25, 0.3) is 0 Å². The van der Waals surface area contributed by atoms with Crippen LogP contribution in [0.25, 0.3) is 0 Å². The summed E-state index contributed by atoms with van der Waals surface area (Å²) in [7, 11) is 0. The SMILES string of the molecule is C=CCN(CC=C)c1cc(Cl)nc(SCC(=O)NCCN2CCCCC2)n1. The Balaban J connectivity index is 1.82. The Kier molecular flexibility index (Phi) is 9.66. The fourth-order valence-corrected chi connectivity index (χ4v) is 3.81. The topological polar surface area (TPSA) is 61.4 Å². The molecule has 2 heterocycles. The first kappa shape index (κ1) is 21.7. The maximum atomic E-state index is 12.1. The van der Waals surface area contributed by atoms with Crippen LogP contribution in [0, 0.1) is 0 Å². The predicted molar refractivity (Wildman–Crippen MR) is 114 cm³/mol. The maximum absolute atomic E-state index is 12.1. The van der Waals surface area contributed by atoms with E-state index >= 15 is 0 Å². The molecule has 0 aliphatic carbocycles. The molecule has 1 aliphatic heterocycles. The monoisotopic (exact) mass is 409 g/mol. The van der Waals surface area contributed by atoms with Crippen molar-refractivity contribution in [2.75, 3.05) is 49.9 Å². The van der Waals surface area contributed by atoms with E-state index in [1.54, 1.807) is 18.2 Å². The molecule has 0 unspecified atom stereocenters. The van der Waals surface area contributed by atoms with E-state index < -0.39 is 0 Å². The molecule has 0 aromatic carbocycles.